The quantitative estimate of drug-likeness (QED) is 0.560. The van der Waals surface area contributed by atoms with Gasteiger partial charge in [0.1, 0.15) is 0 Å². The van der Waals surface area contributed by atoms with E-state index in [2.05, 4.69) is 15.4 Å². The second-order valence-electron chi connectivity index (χ2n) is 5.47. The largest absolute Gasteiger partial charge is 0.490 e. The monoisotopic (exact) mass is 386 g/mol. The molecule has 8 heteroatoms. The van der Waals surface area contributed by atoms with E-state index in [1.165, 1.54) is 19.2 Å². The van der Waals surface area contributed by atoms with Crippen molar-refractivity contribution in [2.45, 2.75) is 13.8 Å². The third-order valence-corrected chi connectivity index (χ3v) is 3.59. The zero-order valence-electron chi connectivity index (χ0n) is 15.9. The fourth-order valence-corrected chi connectivity index (χ4v) is 2.38. The van der Waals surface area contributed by atoms with Gasteiger partial charge in [-0.2, -0.15) is 0 Å². The number of para-hydroxylation sites is 1. The Balaban J connectivity index is 2.12. The summed E-state index contributed by atoms with van der Waals surface area (Å²) in [6.45, 7) is 4.56. The summed E-state index contributed by atoms with van der Waals surface area (Å²) < 4.78 is 15.6. The average Bonchev–Trinajstić information content (AvgIpc) is 2.70. The molecule has 28 heavy (non-hydrogen) atoms. The summed E-state index contributed by atoms with van der Waals surface area (Å²) in [7, 11) is 1.23. The third kappa shape index (κ3) is 5.23. The lowest BCUT2D eigenvalue weighted by atomic mass is 10.2. The Labute approximate surface area is 162 Å². The lowest BCUT2D eigenvalue weighted by Gasteiger charge is -2.13. The first-order chi connectivity index (χ1) is 13.5. The highest BCUT2D eigenvalue weighted by Crippen LogP contribution is 2.30. The van der Waals surface area contributed by atoms with Crippen LogP contribution in [0.1, 0.15) is 24.2 Å². The van der Waals surface area contributed by atoms with E-state index >= 15 is 0 Å². The van der Waals surface area contributed by atoms with Gasteiger partial charge in [0, 0.05) is 11.8 Å². The van der Waals surface area contributed by atoms with Gasteiger partial charge in [0.15, 0.2) is 11.5 Å². The van der Waals surface area contributed by atoms with E-state index in [9.17, 15) is 14.4 Å². The van der Waals surface area contributed by atoms with Crippen molar-refractivity contribution in [3.05, 3.63) is 48.0 Å². The molecule has 8 nitrogen and oxygen atoms in total. The lowest BCUT2D eigenvalue weighted by molar-refractivity contribution is -0.133. The summed E-state index contributed by atoms with van der Waals surface area (Å²) in [5.41, 5.74) is 0.690. The molecule has 0 fully saturated rings. The molecule has 0 aromatic heterocycles. The molecule has 0 heterocycles. The van der Waals surface area contributed by atoms with Gasteiger partial charge in [0.25, 0.3) is 0 Å². The van der Waals surface area contributed by atoms with Crippen LogP contribution < -0.4 is 20.1 Å². The first kappa shape index (κ1) is 20.8. The van der Waals surface area contributed by atoms with Gasteiger partial charge in [0.05, 0.1) is 31.6 Å². The Bertz CT molecular complexity index is 866. The van der Waals surface area contributed by atoms with Crippen LogP contribution in [0.3, 0.4) is 0 Å². The molecule has 2 aromatic rings. The van der Waals surface area contributed by atoms with E-state index in [4.69, 9.17) is 9.47 Å². The highest BCUT2D eigenvalue weighted by atomic mass is 16.5. The molecule has 0 unspecified atom stereocenters. The van der Waals surface area contributed by atoms with Crippen LogP contribution in [0.2, 0.25) is 0 Å². The number of carbonyl (C=O) groups excluding carboxylic acids is 3. The van der Waals surface area contributed by atoms with Crippen molar-refractivity contribution in [1.82, 2.24) is 0 Å². The van der Waals surface area contributed by atoms with E-state index in [0.29, 0.717) is 30.4 Å². The molecule has 0 aliphatic rings. The van der Waals surface area contributed by atoms with Gasteiger partial charge in [-0.05, 0) is 38.1 Å². The molecule has 2 N–H and O–H groups in total. The van der Waals surface area contributed by atoms with Gasteiger partial charge in [-0.3, -0.25) is 9.59 Å². The maximum atomic E-state index is 12.2. The van der Waals surface area contributed by atoms with Gasteiger partial charge in [-0.25, -0.2) is 4.79 Å². The molecule has 2 aromatic carbocycles. The molecular weight excluding hydrogens is 364 g/mol. The van der Waals surface area contributed by atoms with Crippen LogP contribution in [0, 0.1) is 0 Å². The zero-order valence-corrected chi connectivity index (χ0v) is 15.9. The molecule has 0 saturated heterocycles. The first-order valence-electron chi connectivity index (χ1n) is 8.69. The molecule has 0 spiro atoms. The van der Waals surface area contributed by atoms with Crippen LogP contribution in [0.15, 0.2) is 42.5 Å². The summed E-state index contributed by atoms with van der Waals surface area (Å²) in [6, 6.07) is 11.1. The Kier molecular flexibility index (Phi) is 7.38. The fourth-order valence-electron chi connectivity index (χ4n) is 2.38. The minimum atomic E-state index is -0.928. The predicted molar refractivity (Wildman–Crippen MR) is 104 cm³/mol. The van der Waals surface area contributed by atoms with Gasteiger partial charge in [-0.1, -0.05) is 12.1 Å². The van der Waals surface area contributed by atoms with Crippen LogP contribution in [0.25, 0.3) is 0 Å². The van der Waals surface area contributed by atoms with Crippen molar-refractivity contribution in [2.24, 2.45) is 0 Å². The molecule has 0 atom stereocenters. The second kappa shape index (κ2) is 9.96. The van der Waals surface area contributed by atoms with E-state index in [-0.39, 0.29) is 11.3 Å². The predicted octanol–water partition coefficient (Wildman–Crippen LogP) is 2.85. The third-order valence-electron chi connectivity index (χ3n) is 3.59. The van der Waals surface area contributed by atoms with Crippen LogP contribution in [0.5, 0.6) is 11.5 Å². The number of ether oxygens (including phenoxy) is 3. The molecule has 0 aliphatic carbocycles. The zero-order chi connectivity index (χ0) is 20.5. The fraction of sp³-hybridized carbons (Fsp3) is 0.250. The summed E-state index contributed by atoms with van der Waals surface area (Å²) in [5.74, 6) is -1.45. The maximum Gasteiger partial charge on any atom is 0.339 e. The number of esters is 1. The number of rotatable bonds is 7. The van der Waals surface area contributed by atoms with E-state index in [1.807, 2.05) is 13.8 Å². The maximum absolute atomic E-state index is 12.2. The standard InChI is InChI=1S/C20H22N2O6/c1-4-27-16-11-10-13(12-17(16)28-5-2)21-18(23)19(24)22-15-9-7-6-8-14(15)20(25)26-3/h6-12H,4-5H2,1-3H3,(H,21,23)(H,22,24). The Morgan fingerprint density at radius 3 is 2.18 bits per heavy atom. The molecule has 148 valence electrons. The highest BCUT2D eigenvalue weighted by molar-refractivity contribution is 6.44. The number of nitrogens with one attached hydrogen (secondary N) is 2. The van der Waals surface area contributed by atoms with E-state index < -0.39 is 17.8 Å². The van der Waals surface area contributed by atoms with Gasteiger partial charge in [0.2, 0.25) is 0 Å². The Morgan fingerprint density at radius 1 is 0.857 bits per heavy atom. The summed E-state index contributed by atoms with van der Waals surface area (Å²) in [6.07, 6.45) is 0. The second-order valence-corrected chi connectivity index (χ2v) is 5.47. The van der Waals surface area contributed by atoms with Gasteiger partial charge < -0.3 is 24.8 Å². The van der Waals surface area contributed by atoms with Crippen molar-refractivity contribution in [1.29, 1.82) is 0 Å². The lowest BCUT2D eigenvalue weighted by Crippen LogP contribution is -2.29. The minimum absolute atomic E-state index is 0.144. The topological polar surface area (TPSA) is 103 Å². The van der Waals surface area contributed by atoms with Gasteiger partial charge in [-0.15, -0.1) is 0 Å². The number of hydrogen-bond acceptors (Lipinski definition) is 6. The summed E-state index contributed by atoms with van der Waals surface area (Å²) >= 11 is 0. The van der Waals surface area contributed by atoms with Crippen LogP contribution in [0.4, 0.5) is 11.4 Å². The number of carbonyl (C=O) groups is 3. The average molecular weight is 386 g/mol. The molecule has 0 radical (unpaired) electrons. The molecule has 0 bridgehead atoms. The van der Waals surface area contributed by atoms with Crippen molar-refractivity contribution in [3.63, 3.8) is 0 Å². The minimum Gasteiger partial charge on any atom is -0.490 e. The van der Waals surface area contributed by atoms with Crippen LogP contribution in [-0.4, -0.2) is 38.1 Å². The molecular formula is C20H22N2O6. The van der Waals surface area contributed by atoms with Crippen molar-refractivity contribution >= 4 is 29.2 Å². The Morgan fingerprint density at radius 2 is 1.50 bits per heavy atom. The van der Waals surface area contributed by atoms with Gasteiger partial charge >= 0.3 is 17.8 Å². The van der Waals surface area contributed by atoms with Crippen molar-refractivity contribution in [3.8, 4) is 11.5 Å². The number of anilines is 2. The SMILES string of the molecule is CCOc1ccc(NC(=O)C(=O)Nc2ccccc2C(=O)OC)cc1OCC. The number of methoxy groups -OCH3 is 1. The van der Waals surface area contributed by atoms with Crippen molar-refractivity contribution in [2.75, 3.05) is 31.0 Å². The van der Waals surface area contributed by atoms with Crippen LogP contribution in [-0.2, 0) is 14.3 Å². The normalized spacial score (nSPS) is 9.96. The van der Waals surface area contributed by atoms with Crippen LogP contribution >= 0.6 is 0 Å². The first-order valence-corrected chi connectivity index (χ1v) is 8.69. The summed E-state index contributed by atoms with van der Waals surface area (Å²) in [5, 5.41) is 4.90. The highest BCUT2D eigenvalue weighted by Gasteiger charge is 2.19. The van der Waals surface area contributed by atoms with E-state index in [1.54, 1.807) is 30.3 Å². The summed E-state index contributed by atoms with van der Waals surface area (Å²) in [4.78, 5) is 36.2. The number of hydrogen-bond donors (Lipinski definition) is 2. The number of benzene rings is 2. The van der Waals surface area contributed by atoms with E-state index in [0.717, 1.165) is 0 Å². The smallest absolute Gasteiger partial charge is 0.339 e. The Hall–Kier alpha value is -3.55. The van der Waals surface area contributed by atoms with Crippen molar-refractivity contribution < 1.29 is 28.6 Å². The molecule has 2 rings (SSSR count). The molecule has 0 aliphatic heterocycles. The number of amides is 2. The molecule has 0 saturated carbocycles. The molecule has 2 amide bonds.